The molecule has 0 amide bonds. The first-order valence-electron chi connectivity index (χ1n) is 5.38. The van der Waals surface area contributed by atoms with E-state index in [2.05, 4.69) is 46.4 Å². The molecule has 0 aromatic heterocycles. The molecular formula is C11H22N2Y. The molecule has 0 bridgehead atoms. The van der Waals surface area contributed by atoms with Crippen LogP contribution in [0.5, 0.6) is 0 Å². The molecule has 0 atom stereocenters. The van der Waals surface area contributed by atoms with Crippen molar-refractivity contribution in [3.8, 4) is 0 Å². The van der Waals surface area contributed by atoms with E-state index in [0.717, 1.165) is 0 Å². The van der Waals surface area contributed by atoms with Crippen LogP contribution in [0.3, 0.4) is 0 Å². The topological polar surface area (TPSA) is 15.6 Å². The first-order valence-corrected chi connectivity index (χ1v) is 9.39. The Morgan fingerprint density at radius 3 is 2.14 bits per heavy atom. The van der Waals surface area contributed by atoms with Gasteiger partial charge in [0, 0.05) is 0 Å². The summed E-state index contributed by atoms with van der Waals surface area (Å²) >= 11 is -0.333. The number of nitrogens with zero attached hydrogens (tertiary/aromatic N) is 2. The SMILES string of the molecule is CC(C)(C)/N=C1/[CH2][Y][CH2]N1C(C)(C)C. The van der Waals surface area contributed by atoms with Crippen molar-refractivity contribution in [3.63, 3.8) is 0 Å². The Labute approximate surface area is 104 Å². The van der Waals surface area contributed by atoms with Crippen LogP contribution in [0, 0.1) is 0 Å². The third-order valence-electron chi connectivity index (χ3n) is 2.22. The van der Waals surface area contributed by atoms with Gasteiger partial charge in [-0.2, -0.15) is 0 Å². The second-order valence-electron chi connectivity index (χ2n) is 5.97. The van der Waals surface area contributed by atoms with Crippen molar-refractivity contribution in [1.82, 2.24) is 4.90 Å². The van der Waals surface area contributed by atoms with E-state index in [9.17, 15) is 0 Å². The van der Waals surface area contributed by atoms with Crippen molar-refractivity contribution in [2.75, 3.05) is 3.36 Å². The Morgan fingerprint density at radius 1 is 1.14 bits per heavy atom. The van der Waals surface area contributed by atoms with Crippen LogP contribution in [0.4, 0.5) is 0 Å². The fraction of sp³-hybridized carbons (Fsp3) is 0.909. The summed E-state index contributed by atoms with van der Waals surface area (Å²) in [5, 5.41) is 0. The van der Waals surface area contributed by atoms with Gasteiger partial charge >= 0.3 is 104 Å². The molecule has 1 saturated heterocycles. The van der Waals surface area contributed by atoms with Crippen LogP contribution in [0.2, 0.25) is 3.23 Å². The molecule has 0 saturated carbocycles. The van der Waals surface area contributed by atoms with Crippen LogP contribution in [0.15, 0.2) is 4.99 Å². The van der Waals surface area contributed by atoms with Gasteiger partial charge in [0.1, 0.15) is 0 Å². The number of amidine groups is 1. The van der Waals surface area contributed by atoms with Crippen molar-refractivity contribution in [2.24, 2.45) is 4.99 Å². The minimum absolute atomic E-state index is 0.0891. The molecule has 1 heterocycles. The first-order chi connectivity index (χ1) is 6.20. The second-order valence-corrected chi connectivity index (χ2v) is 9.29. The summed E-state index contributed by atoms with van der Waals surface area (Å²) in [7, 11) is 0. The molecule has 0 radical (unpaired) electrons. The van der Waals surface area contributed by atoms with Crippen LogP contribution < -0.4 is 0 Å². The summed E-state index contributed by atoms with van der Waals surface area (Å²) in [5.41, 5.74) is 0.359. The maximum atomic E-state index is 4.85. The predicted molar refractivity (Wildman–Crippen MR) is 58.5 cm³/mol. The molecule has 14 heavy (non-hydrogen) atoms. The van der Waals surface area contributed by atoms with E-state index in [0.29, 0.717) is 0 Å². The van der Waals surface area contributed by atoms with Gasteiger partial charge in [0.2, 0.25) is 0 Å². The average molecular weight is 271 g/mol. The molecule has 3 heteroatoms. The Hall–Kier alpha value is 0.574. The van der Waals surface area contributed by atoms with Crippen LogP contribution >= 0.6 is 0 Å². The Bertz CT molecular complexity index is 233. The summed E-state index contributed by atoms with van der Waals surface area (Å²) in [5.74, 6) is 1.38. The molecular weight excluding hydrogens is 249 g/mol. The molecule has 1 aliphatic rings. The van der Waals surface area contributed by atoms with E-state index in [1.54, 1.807) is 0 Å². The van der Waals surface area contributed by atoms with Crippen molar-refractivity contribution in [3.05, 3.63) is 0 Å². The molecule has 1 fully saturated rings. The van der Waals surface area contributed by atoms with Crippen LogP contribution in [0.1, 0.15) is 41.5 Å². The Kier molecular flexibility index (Phi) is 3.80. The van der Waals surface area contributed by atoms with Gasteiger partial charge in [-0.15, -0.1) is 0 Å². The summed E-state index contributed by atoms with van der Waals surface area (Å²) in [6.07, 6.45) is 0. The van der Waals surface area contributed by atoms with E-state index in [1.807, 2.05) is 0 Å². The zero-order chi connectivity index (χ0) is 11.0. The molecule has 0 aliphatic carbocycles. The summed E-state index contributed by atoms with van der Waals surface area (Å²) in [4.78, 5) is 7.37. The van der Waals surface area contributed by atoms with Gasteiger partial charge in [-0.25, -0.2) is 0 Å². The van der Waals surface area contributed by atoms with Crippen LogP contribution in [0.25, 0.3) is 0 Å². The molecule has 1 aliphatic heterocycles. The fourth-order valence-corrected chi connectivity index (χ4v) is 5.91. The first kappa shape index (κ1) is 12.6. The Morgan fingerprint density at radius 2 is 1.71 bits per heavy atom. The van der Waals surface area contributed by atoms with E-state index >= 15 is 0 Å². The van der Waals surface area contributed by atoms with E-state index in [1.165, 1.54) is 12.4 Å². The minimum atomic E-state index is -0.333. The molecule has 0 N–H and O–H groups in total. The molecule has 0 unspecified atom stereocenters. The summed E-state index contributed by atoms with van der Waals surface area (Å²) < 4.78 is 2.69. The van der Waals surface area contributed by atoms with Gasteiger partial charge in [0.15, 0.2) is 0 Å². The third-order valence-corrected chi connectivity index (χ3v) is 5.36. The molecule has 1 rings (SSSR count). The molecule has 0 spiro atoms. The zero-order valence-corrected chi connectivity index (χ0v) is 13.2. The van der Waals surface area contributed by atoms with Crippen molar-refractivity contribution < 1.29 is 29.2 Å². The summed E-state index contributed by atoms with van der Waals surface area (Å²) in [6, 6.07) is 0. The van der Waals surface area contributed by atoms with Gasteiger partial charge in [0.05, 0.1) is 0 Å². The predicted octanol–water partition coefficient (Wildman–Crippen LogP) is 2.76. The van der Waals surface area contributed by atoms with Crippen molar-refractivity contribution in [1.29, 1.82) is 0 Å². The van der Waals surface area contributed by atoms with E-state index in [-0.39, 0.29) is 40.3 Å². The third kappa shape index (κ3) is 3.62. The Balaban J connectivity index is 2.85. The number of hydrogen-bond acceptors (Lipinski definition) is 1. The number of aliphatic imine (C=N–C) groups is 1. The quantitative estimate of drug-likeness (QED) is 0.661. The second kappa shape index (κ2) is 4.21. The number of hydrogen-bond donors (Lipinski definition) is 0. The monoisotopic (exact) mass is 271 g/mol. The van der Waals surface area contributed by atoms with E-state index < -0.39 is 0 Å². The molecule has 2 nitrogen and oxygen atoms in total. The maximum absolute atomic E-state index is 4.85. The van der Waals surface area contributed by atoms with Gasteiger partial charge < -0.3 is 0 Å². The molecule has 0 aromatic carbocycles. The van der Waals surface area contributed by atoms with E-state index in [4.69, 9.17) is 4.99 Å². The van der Waals surface area contributed by atoms with Gasteiger partial charge in [0.25, 0.3) is 0 Å². The van der Waals surface area contributed by atoms with Gasteiger partial charge in [-0.3, -0.25) is 0 Å². The number of rotatable bonds is 0. The molecule has 0 aromatic rings. The normalized spacial score (nSPS) is 21.0. The average Bonchev–Trinajstić information content (AvgIpc) is 2.29. The molecule has 79 valence electrons. The fourth-order valence-electron chi connectivity index (χ4n) is 1.69. The van der Waals surface area contributed by atoms with Gasteiger partial charge in [-0.1, -0.05) is 0 Å². The van der Waals surface area contributed by atoms with Crippen molar-refractivity contribution >= 4 is 5.84 Å². The van der Waals surface area contributed by atoms with Crippen LogP contribution in [-0.2, 0) is 29.2 Å². The zero-order valence-electron chi connectivity index (χ0n) is 10.4. The summed E-state index contributed by atoms with van der Waals surface area (Å²) in [6.45, 7) is 13.4. The standard InChI is InChI=1S/C11H22N2.Y/c1-9(12-10(2,3)4)13(8)11(5,6)7;/h1,8H2,2-7H3;/b12-9-;. The van der Waals surface area contributed by atoms with Crippen LogP contribution in [-0.4, -0.2) is 25.2 Å². The van der Waals surface area contributed by atoms with Gasteiger partial charge in [-0.05, 0) is 0 Å². The van der Waals surface area contributed by atoms with Crippen molar-refractivity contribution in [2.45, 2.75) is 55.9 Å².